The number of fused-ring (bicyclic) bond motifs is 1. The molecule has 2 aromatic heterocycles. The molecule has 0 saturated carbocycles. The summed E-state index contributed by atoms with van der Waals surface area (Å²) >= 11 is 9.01. The highest BCUT2D eigenvalue weighted by Gasteiger charge is 2.17. The van der Waals surface area contributed by atoms with Crippen LogP contribution < -0.4 is 5.32 Å². The Morgan fingerprint density at radius 3 is 2.65 bits per heavy atom. The lowest BCUT2D eigenvalue weighted by Gasteiger charge is -2.06. The van der Waals surface area contributed by atoms with Crippen molar-refractivity contribution in [2.45, 2.75) is 0 Å². The molecule has 8 heteroatoms. The molecule has 2 heterocycles. The molecule has 26 heavy (non-hydrogen) atoms. The van der Waals surface area contributed by atoms with Crippen LogP contribution in [0.1, 0.15) is 9.67 Å². The summed E-state index contributed by atoms with van der Waals surface area (Å²) < 4.78 is 28.4. The van der Waals surface area contributed by atoms with Crippen LogP contribution in [0.5, 0.6) is 0 Å². The summed E-state index contributed by atoms with van der Waals surface area (Å²) in [5.41, 5.74) is 2.87. The Morgan fingerprint density at radius 1 is 1.12 bits per heavy atom. The topological polar surface area (TPSA) is 42.0 Å². The summed E-state index contributed by atoms with van der Waals surface area (Å²) in [7, 11) is 0. The SMILES string of the molecule is O=C(Nc1c(F)cccc1F)c1ccc(-c2cc3scnc3cc2Cl)s1. The van der Waals surface area contributed by atoms with E-state index < -0.39 is 23.2 Å². The number of halogens is 3. The minimum atomic E-state index is -0.825. The van der Waals surface area contributed by atoms with Crippen molar-refractivity contribution in [3.63, 3.8) is 0 Å². The fraction of sp³-hybridized carbons (Fsp3) is 0. The van der Waals surface area contributed by atoms with Gasteiger partial charge in [0.2, 0.25) is 0 Å². The molecule has 3 nitrogen and oxygen atoms in total. The van der Waals surface area contributed by atoms with Crippen LogP contribution in [-0.2, 0) is 0 Å². The maximum atomic E-state index is 13.7. The van der Waals surface area contributed by atoms with Gasteiger partial charge in [-0.25, -0.2) is 13.8 Å². The smallest absolute Gasteiger partial charge is 0.265 e. The minimum Gasteiger partial charge on any atom is -0.316 e. The van der Waals surface area contributed by atoms with Gasteiger partial charge in [0.25, 0.3) is 5.91 Å². The van der Waals surface area contributed by atoms with Gasteiger partial charge in [-0.15, -0.1) is 22.7 Å². The Kier molecular flexibility index (Phi) is 4.44. The third kappa shape index (κ3) is 3.09. The maximum absolute atomic E-state index is 13.7. The predicted octanol–water partition coefficient (Wildman–Crippen LogP) is 6.21. The molecule has 4 aromatic rings. The largest absolute Gasteiger partial charge is 0.316 e. The second-order valence-electron chi connectivity index (χ2n) is 5.37. The molecule has 0 saturated heterocycles. The number of hydrogen-bond donors (Lipinski definition) is 1. The van der Waals surface area contributed by atoms with Gasteiger partial charge in [-0.05, 0) is 36.4 Å². The standard InChI is InChI=1S/C18H9ClF2N2OS2/c19-10-7-13-16(25-8-22-13)6-9(10)14-4-5-15(26-14)18(24)23-17-11(20)2-1-3-12(17)21/h1-8H,(H,23,24). The first-order valence-electron chi connectivity index (χ1n) is 7.41. The lowest BCUT2D eigenvalue weighted by molar-refractivity contribution is 0.102. The molecule has 2 aromatic carbocycles. The van der Waals surface area contributed by atoms with Crippen LogP contribution >= 0.6 is 34.3 Å². The van der Waals surface area contributed by atoms with Gasteiger partial charge in [0, 0.05) is 10.4 Å². The molecule has 0 unspecified atom stereocenters. The monoisotopic (exact) mass is 406 g/mol. The molecule has 0 aliphatic carbocycles. The molecule has 0 aliphatic heterocycles. The molecular formula is C18H9ClF2N2OS2. The molecule has 1 N–H and O–H groups in total. The van der Waals surface area contributed by atoms with Gasteiger partial charge in [-0.1, -0.05) is 17.7 Å². The molecule has 0 fully saturated rings. The Bertz CT molecular complexity index is 1120. The van der Waals surface area contributed by atoms with E-state index in [0.717, 1.165) is 32.8 Å². The summed E-state index contributed by atoms with van der Waals surface area (Å²) in [6, 6.07) is 10.5. The fourth-order valence-corrected chi connectivity index (χ4v) is 4.41. The van der Waals surface area contributed by atoms with Crippen molar-refractivity contribution >= 4 is 56.1 Å². The van der Waals surface area contributed by atoms with Gasteiger partial charge in [-0.3, -0.25) is 4.79 Å². The highest BCUT2D eigenvalue weighted by Crippen LogP contribution is 2.37. The second-order valence-corrected chi connectivity index (χ2v) is 7.74. The van der Waals surface area contributed by atoms with E-state index in [2.05, 4.69) is 10.3 Å². The number of hydrogen-bond acceptors (Lipinski definition) is 4. The van der Waals surface area contributed by atoms with Crippen LogP contribution in [0.4, 0.5) is 14.5 Å². The summed E-state index contributed by atoms with van der Waals surface area (Å²) in [6.07, 6.45) is 0. The number of para-hydroxylation sites is 1. The number of nitrogens with zero attached hydrogens (tertiary/aromatic N) is 1. The lowest BCUT2D eigenvalue weighted by Crippen LogP contribution is -2.12. The summed E-state index contributed by atoms with van der Waals surface area (Å²) in [6.45, 7) is 0. The highest BCUT2D eigenvalue weighted by atomic mass is 35.5. The first-order chi connectivity index (χ1) is 12.5. The van der Waals surface area contributed by atoms with Crippen LogP contribution in [0.3, 0.4) is 0 Å². The third-order valence-electron chi connectivity index (χ3n) is 3.72. The molecule has 130 valence electrons. The number of carbonyl (C=O) groups excluding carboxylic acids is 1. The number of benzene rings is 2. The number of anilines is 1. The summed E-state index contributed by atoms with van der Waals surface area (Å²) in [4.78, 5) is 17.7. The number of nitrogens with one attached hydrogen (secondary N) is 1. The van der Waals surface area contributed by atoms with Gasteiger partial charge in [0.15, 0.2) is 0 Å². The zero-order chi connectivity index (χ0) is 18.3. The van der Waals surface area contributed by atoms with Crippen LogP contribution in [0, 0.1) is 11.6 Å². The molecule has 0 bridgehead atoms. The van der Waals surface area contributed by atoms with E-state index >= 15 is 0 Å². The fourth-order valence-electron chi connectivity index (χ4n) is 2.46. The highest BCUT2D eigenvalue weighted by molar-refractivity contribution is 7.18. The number of rotatable bonds is 3. The Labute approximate surface area is 159 Å². The van der Waals surface area contributed by atoms with Gasteiger partial charge < -0.3 is 5.32 Å². The number of carbonyl (C=O) groups is 1. The summed E-state index contributed by atoms with van der Waals surface area (Å²) in [5.74, 6) is -2.23. The van der Waals surface area contributed by atoms with Crippen molar-refractivity contribution in [1.82, 2.24) is 4.98 Å². The average molecular weight is 407 g/mol. The van der Waals surface area contributed by atoms with E-state index in [0.29, 0.717) is 9.90 Å². The zero-order valence-electron chi connectivity index (χ0n) is 12.9. The number of amides is 1. The lowest BCUT2D eigenvalue weighted by atomic mass is 10.2. The predicted molar refractivity (Wildman–Crippen MR) is 102 cm³/mol. The molecule has 4 rings (SSSR count). The number of aromatic nitrogens is 1. The van der Waals surface area contributed by atoms with Crippen molar-refractivity contribution < 1.29 is 13.6 Å². The van der Waals surface area contributed by atoms with E-state index in [-0.39, 0.29) is 0 Å². The number of thiophene rings is 1. The molecule has 0 spiro atoms. The van der Waals surface area contributed by atoms with Crippen LogP contribution in [-0.4, -0.2) is 10.9 Å². The van der Waals surface area contributed by atoms with E-state index in [1.807, 2.05) is 6.07 Å². The van der Waals surface area contributed by atoms with E-state index in [4.69, 9.17) is 11.6 Å². The van der Waals surface area contributed by atoms with Crippen molar-refractivity contribution in [1.29, 1.82) is 0 Å². The summed E-state index contributed by atoms with van der Waals surface area (Å²) in [5, 5.41) is 2.81. The van der Waals surface area contributed by atoms with Crippen molar-refractivity contribution in [2.75, 3.05) is 5.32 Å². The second kappa shape index (κ2) is 6.75. The van der Waals surface area contributed by atoms with E-state index in [9.17, 15) is 13.6 Å². The number of thiazole rings is 1. The van der Waals surface area contributed by atoms with Crippen molar-refractivity contribution in [3.05, 3.63) is 69.5 Å². The van der Waals surface area contributed by atoms with Crippen LogP contribution in [0.15, 0.2) is 48.0 Å². The van der Waals surface area contributed by atoms with E-state index in [1.54, 1.807) is 23.7 Å². The van der Waals surface area contributed by atoms with E-state index in [1.165, 1.54) is 28.7 Å². The Balaban J connectivity index is 1.65. The van der Waals surface area contributed by atoms with Crippen molar-refractivity contribution in [2.24, 2.45) is 0 Å². The molecular weight excluding hydrogens is 398 g/mol. The molecule has 1 amide bonds. The van der Waals surface area contributed by atoms with Gasteiger partial charge in [0.1, 0.15) is 17.3 Å². The van der Waals surface area contributed by atoms with Gasteiger partial charge in [0.05, 0.1) is 25.6 Å². The quantitative estimate of drug-likeness (QED) is 0.439. The zero-order valence-corrected chi connectivity index (χ0v) is 15.3. The van der Waals surface area contributed by atoms with Crippen LogP contribution in [0.25, 0.3) is 20.7 Å². The van der Waals surface area contributed by atoms with Crippen molar-refractivity contribution in [3.8, 4) is 10.4 Å². The third-order valence-corrected chi connectivity index (χ3v) is 5.94. The maximum Gasteiger partial charge on any atom is 0.265 e. The molecule has 0 atom stereocenters. The van der Waals surface area contributed by atoms with Crippen LogP contribution in [0.2, 0.25) is 5.02 Å². The Hall–Kier alpha value is -2.35. The first kappa shape index (κ1) is 17.1. The molecule has 0 aliphatic rings. The average Bonchev–Trinajstić information content (AvgIpc) is 3.26. The normalized spacial score (nSPS) is 11.0. The first-order valence-corrected chi connectivity index (χ1v) is 9.48. The van der Waals surface area contributed by atoms with Gasteiger partial charge in [-0.2, -0.15) is 0 Å². The minimum absolute atomic E-state index is 0.322. The van der Waals surface area contributed by atoms with Gasteiger partial charge >= 0.3 is 0 Å². The molecule has 0 radical (unpaired) electrons. The Morgan fingerprint density at radius 2 is 1.88 bits per heavy atom.